The van der Waals surface area contributed by atoms with Crippen molar-refractivity contribution in [3.05, 3.63) is 0 Å². The molecule has 1 saturated carbocycles. The van der Waals surface area contributed by atoms with Crippen LogP contribution in [0.3, 0.4) is 0 Å². The first kappa shape index (κ1) is 14.4. The van der Waals surface area contributed by atoms with E-state index in [2.05, 4.69) is 43.3 Å². The molecule has 0 aromatic heterocycles. The van der Waals surface area contributed by atoms with Gasteiger partial charge in [0.15, 0.2) is 5.96 Å². The second-order valence-corrected chi connectivity index (χ2v) is 8.09. The Bertz CT molecular complexity index is 405. The van der Waals surface area contributed by atoms with Gasteiger partial charge in [0.05, 0.1) is 0 Å². The number of carbonyl (C=O) groups excluding carboxylic acids is 1. The molecule has 4 heteroatoms. The molecule has 108 valence electrons. The fourth-order valence-corrected chi connectivity index (χ4v) is 4.23. The van der Waals surface area contributed by atoms with Gasteiger partial charge in [0.2, 0.25) is 0 Å². The molecule has 2 aliphatic rings. The lowest BCUT2D eigenvalue weighted by molar-refractivity contribution is -0.129. The fraction of sp³-hybridized carbons (Fsp3) is 0.867. The summed E-state index contributed by atoms with van der Waals surface area (Å²) in [5, 5.41) is 6.31. The van der Waals surface area contributed by atoms with Crippen LogP contribution in [0, 0.1) is 10.8 Å². The van der Waals surface area contributed by atoms with Crippen LogP contribution in [-0.4, -0.2) is 23.4 Å². The van der Waals surface area contributed by atoms with Gasteiger partial charge in [-0.1, -0.05) is 27.7 Å². The second-order valence-electron chi connectivity index (χ2n) is 8.09. The summed E-state index contributed by atoms with van der Waals surface area (Å²) in [6.45, 7) is 13.0. The first-order valence-electron chi connectivity index (χ1n) is 7.21. The number of amides is 1. The minimum atomic E-state index is -0.473. The molecule has 0 bridgehead atoms. The van der Waals surface area contributed by atoms with Crippen LogP contribution in [0.5, 0.6) is 0 Å². The van der Waals surface area contributed by atoms with Gasteiger partial charge in [0.25, 0.3) is 5.91 Å². The number of guanidine groups is 1. The van der Waals surface area contributed by atoms with Crippen LogP contribution < -0.4 is 10.6 Å². The third-order valence-corrected chi connectivity index (χ3v) is 3.93. The molecule has 19 heavy (non-hydrogen) atoms. The first-order chi connectivity index (χ1) is 8.54. The zero-order valence-corrected chi connectivity index (χ0v) is 13.1. The highest BCUT2D eigenvalue weighted by Crippen LogP contribution is 2.50. The molecule has 0 unspecified atom stereocenters. The molecule has 0 atom stereocenters. The van der Waals surface area contributed by atoms with E-state index in [1.807, 2.05) is 13.8 Å². The van der Waals surface area contributed by atoms with Crippen molar-refractivity contribution in [2.75, 3.05) is 0 Å². The van der Waals surface area contributed by atoms with Crippen LogP contribution in [0.1, 0.15) is 60.8 Å². The van der Waals surface area contributed by atoms with E-state index in [0.29, 0.717) is 5.96 Å². The van der Waals surface area contributed by atoms with Crippen LogP contribution in [0.15, 0.2) is 4.99 Å². The number of aliphatic imine (C=N–C) groups is 1. The van der Waals surface area contributed by atoms with E-state index >= 15 is 0 Å². The van der Waals surface area contributed by atoms with Crippen molar-refractivity contribution < 1.29 is 4.79 Å². The van der Waals surface area contributed by atoms with Crippen LogP contribution in [-0.2, 0) is 4.79 Å². The Morgan fingerprint density at radius 2 is 1.58 bits per heavy atom. The van der Waals surface area contributed by atoms with E-state index in [0.717, 1.165) is 19.3 Å². The molecule has 2 fully saturated rings. The Hall–Kier alpha value is -1.06. The highest BCUT2D eigenvalue weighted by molar-refractivity contribution is 6.09. The van der Waals surface area contributed by atoms with E-state index in [4.69, 9.17) is 0 Å². The van der Waals surface area contributed by atoms with Crippen LogP contribution in [0.4, 0.5) is 0 Å². The summed E-state index contributed by atoms with van der Waals surface area (Å²) in [6.07, 6.45) is 2.88. The highest BCUT2D eigenvalue weighted by Gasteiger charge is 2.55. The fourth-order valence-electron chi connectivity index (χ4n) is 4.23. The molecular formula is C15H27N3O. The van der Waals surface area contributed by atoms with Gasteiger partial charge in [-0.15, -0.1) is 0 Å². The molecule has 0 radical (unpaired) electrons. The van der Waals surface area contributed by atoms with Gasteiger partial charge in [-0.05, 0) is 43.9 Å². The minimum absolute atomic E-state index is 0.0905. The largest absolute Gasteiger partial charge is 0.342 e. The van der Waals surface area contributed by atoms with Crippen LogP contribution in [0.25, 0.3) is 0 Å². The molecular weight excluding hydrogens is 238 g/mol. The summed E-state index contributed by atoms with van der Waals surface area (Å²) in [6, 6.07) is 0.183. The summed E-state index contributed by atoms with van der Waals surface area (Å²) in [5.41, 5.74) is -0.141. The predicted octanol–water partition coefficient (Wildman–Crippen LogP) is 2.45. The topological polar surface area (TPSA) is 53.5 Å². The average Bonchev–Trinajstić information content (AvgIpc) is 2.34. The van der Waals surface area contributed by atoms with Gasteiger partial charge < -0.3 is 5.32 Å². The summed E-state index contributed by atoms with van der Waals surface area (Å²) >= 11 is 0. The van der Waals surface area contributed by atoms with Gasteiger partial charge >= 0.3 is 0 Å². The average molecular weight is 265 g/mol. The molecule has 2 rings (SSSR count). The van der Waals surface area contributed by atoms with Gasteiger partial charge in [-0.3, -0.25) is 15.1 Å². The molecule has 1 aliphatic carbocycles. The van der Waals surface area contributed by atoms with E-state index in [-0.39, 0.29) is 22.8 Å². The number of hydrogen-bond donors (Lipinski definition) is 2. The minimum Gasteiger partial charge on any atom is -0.342 e. The zero-order valence-electron chi connectivity index (χ0n) is 13.1. The predicted molar refractivity (Wildman–Crippen MR) is 78.0 cm³/mol. The second kappa shape index (κ2) is 4.22. The number of nitrogens with zero attached hydrogens (tertiary/aromatic N) is 1. The van der Waals surface area contributed by atoms with Gasteiger partial charge in [-0.2, -0.15) is 0 Å². The Labute approximate surface area is 116 Å². The Kier molecular flexibility index (Phi) is 3.19. The van der Waals surface area contributed by atoms with Crippen molar-refractivity contribution in [1.29, 1.82) is 0 Å². The van der Waals surface area contributed by atoms with Crippen LogP contribution >= 0.6 is 0 Å². The van der Waals surface area contributed by atoms with Crippen molar-refractivity contribution in [2.24, 2.45) is 15.8 Å². The molecule has 0 aromatic rings. The lowest BCUT2D eigenvalue weighted by atomic mass is 9.58. The quantitative estimate of drug-likeness (QED) is 0.765. The van der Waals surface area contributed by atoms with Gasteiger partial charge in [0.1, 0.15) is 5.54 Å². The molecule has 1 saturated heterocycles. The standard InChI is InChI=1S/C15H27N3O/c1-10(2)16-12-17-11(19)15(18-12)8-13(3,4)7-14(5,6)9-15/h10H,7-9H2,1-6H3,(H2,16,17,18,19). The maximum absolute atomic E-state index is 12.5. The van der Waals surface area contributed by atoms with Crippen molar-refractivity contribution >= 4 is 11.9 Å². The molecule has 1 heterocycles. The SMILES string of the molecule is CC(C)N=C1NC(=O)C2(CC(C)(C)CC(C)(C)C2)N1. The number of hydrogen-bond acceptors (Lipinski definition) is 2. The van der Waals surface area contributed by atoms with E-state index < -0.39 is 5.54 Å². The number of rotatable bonds is 1. The summed E-state index contributed by atoms with van der Waals surface area (Å²) in [5.74, 6) is 0.737. The van der Waals surface area contributed by atoms with Crippen molar-refractivity contribution in [3.8, 4) is 0 Å². The van der Waals surface area contributed by atoms with Gasteiger partial charge in [-0.25, -0.2) is 0 Å². The molecule has 1 spiro atoms. The molecule has 0 aromatic carbocycles. The summed E-state index contributed by atoms with van der Waals surface area (Å²) in [7, 11) is 0. The first-order valence-corrected chi connectivity index (χ1v) is 7.21. The van der Waals surface area contributed by atoms with E-state index in [1.165, 1.54) is 0 Å². The third-order valence-electron chi connectivity index (χ3n) is 3.93. The summed E-state index contributed by atoms with van der Waals surface area (Å²) in [4.78, 5) is 16.9. The number of nitrogens with one attached hydrogen (secondary N) is 2. The Balaban J connectivity index is 2.30. The molecule has 1 amide bonds. The Morgan fingerprint density at radius 3 is 2.05 bits per heavy atom. The lowest BCUT2D eigenvalue weighted by Gasteiger charge is -2.49. The lowest BCUT2D eigenvalue weighted by Crippen LogP contribution is -2.56. The smallest absolute Gasteiger partial charge is 0.252 e. The molecule has 4 nitrogen and oxygen atoms in total. The van der Waals surface area contributed by atoms with Gasteiger partial charge in [0, 0.05) is 6.04 Å². The van der Waals surface area contributed by atoms with E-state index in [1.54, 1.807) is 0 Å². The maximum atomic E-state index is 12.5. The molecule has 1 aliphatic heterocycles. The maximum Gasteiger partial charge on any atom is 0.252 e. The van der Waals surface area contributed by atoms with Crippen molar-refractivity contribution in [3.63, 3.8) is 0 Å². The summed E-state index contributed by atoms with van der Waals surface area (Å²) < 4.78 is 0. The van der Waals surface area contributed by atoms with Crippen molar-refractivity contribution in [1.82, 2.24) is 10.6 Å². The zero-order chi connectivity index (χ0) is 14.5. The Morgan fingerprint density at radius 1 is 1.05 bits per heavy atom. The van der Waals surface area contributed by atoms with Crippen molar-refractivity contribution in [2.45, 2.75) is 72.4 Å². The normalized spacial score (nSPS) is 29.6. The highest BCUT2D eigenvalue weighted by atomic mass is 16.2. The number of carbonyl (C=O) groups is 1. The monoisotopic (exact) mass is 265 g/mol. The van der Waals surface area contributed by atoms with Crippen LogP contribution in [0.2, 0.25) is 0 Å². The third kappa shape index (κ3) is 2.93. The molecule has 2 N–H and O–H groups in total. The van der Waals surface area contributed by atoms with E-state index in [9.17, 15) is 4.79 Å².